The van der Waals surface area contributed by atoms with Crippen molar-refractivity contribution >= 4 is 50.1 Å². The first kappa shape index (κ1) is 22.7. The van der Waals surface area contributed by atoms with Crippen LogP contribution in [0.2, 0.25) is 0 Å². The van der Waals surface area contributed by atoms with E-state index in [0.29, 0.717) is 4.90 Å². The van der Waals surface area contributed by atoms with Gasteiger partial charge in [-0.15, -0.1) is 11.8 Å². The lowest BCUT2D eigenvalue weighted by Gasteiger charge is -2.01. The van der Waals surface area contributed by atoms with Gasteiger partial charge in [-0.2, -0.15) is 0 Å². The number of benzene rings is 2. The third-order valence-corrected chi connectivity index (χ3v) is 5.40. The summed E-state index contributed by atoms with van der Waals surface area (Å²) in [5.74, 6) is -1.62. The average molecular weight is 463 g/mol. The molecule has 0 fully saturated rings. The number of ketones is 2. The second kappa shape index (κ2) is 10.7. The Bertz CT molecular complexity index is 841. The summed E-state index contributed by atoms with van der Waals surface area (Å²) < 4.78 is 37.3. The monoisotopic (exact) mass is 462 g/mol. The summed E-state index contributed by atoms with van der Waals surface area (Å²) in [5.41, 5.74) is 0.184. The van der Waals surface area contributed by atoms with E-state index in [0.717, 1.165) is 11.0 Å². The van der Waals surface area contributed by atoms with E-state index < -0.39 is 22.4 Å². The van der Waals surface area contributed by atoms with Gasteiger partial charge in [-0.3, -0.25) is 13.8 Å². The molecule has 0 aromatic heterocycles. The molecule has 0 aliphatic heterocycles. The Hall–Kier alpha value is -1.38. The van der Waals surface area contributed by atoms with Crippen LogP contribution in [-0.2, 0) is 10.8 Å². The maximum atomic E-state index is 13.2. The molecule has 0 aliphatic rings. The van der Waals surface area contributed by atoms with Crippen LogP contribution in [-0.4, -0.2) is 33.6 Å². The Morgan fingerprint density at radius 1 is 1.08 bits per heavy atom. The lowest BCUT2D eigenvalue weighted by Crippen LogP contribution is -2.02. The standard InChI is InChI=1S/C9H8BrFOS.C9H9FO2S/c1-13-6-2-3-7(8(11)4-6)9(12)5-10;1-6(11)8-4-3-7(13(2)12)5-9(8)10/h2-4H,5H2,1H3;3-5H,1-2H3. The van der Waals surface area contributed by atoms with Crippen molar-refractivity contribution < 1.29 is 22.6 Å². The molecule has 0 spiro atoms. The SMILES string of the molecule is CC(=O)c1ccc(S(C)=O)cc1F.CSc1ccc(C(=O)CBr)c(F)c1. The van der Waals surface area contributed by atoms with Crippen molar-refractivity contribution in [2.45, 2.75) is 16.7 Å². The van der Waals surface area contributed by atoms with Crippen LogP contribution < -0.4 is 0 Å². The minimum atomic E-state index is -1.21. The molecule has 8 heteroatoms. The fourth-order valence-corrected chi connectivity index (χ4v) is 3.14. The van der Waals surface area contributed by atoms with Crippen LogP contribution in [0.5, 0.6) is 0 Å². The molecule has 1 unspecified atom stereocenters. The number of alkyl halides is 1. The molecule has 0 amide bonds. The second-order valence-corrected chi connectivity index (χ2v) is 7.87. The molecule has 2 aromatic carbocycles. The molecule has 0 aliphatic carbocycles. The molecule has 0 saturated carbocycles. The van der Waals surface area contributed by atoms with Crippen LogP contribution in [0.1, 0.15) is 27.6 Å². The third-order valence-electron chi connectivity index (χ3n) is 3.25. The van der Waals surface area contributed by atoms with Crippen LogP contribution in [0, 0.1) is 11.6 Å². The van der Waals surface area contributed by atoms with E-state index in [4.69, 9.17) is 0 Å². The number of carbonyl (C=O) groups is 2. The average Bonchev–Trinajstić information content (AvgIpc) is 2.60. The fourth-order valence-electron chi connectivity index (χ4n) is 1.88. The molecule has 2 aromatic rings. The molecule has 2 rings (SSSR count). The quantitative estimate of drug-likeness (QED) is 0.360. The molecule has 0 saturated heterocycles. The highest BCUT2D eigenvalue weighted by molar-refractivity contribution is 9.09. The molecule has 0 N–H and O–H groups in total. The molecular weight excluding hydrogens is 446 g/mol. The fraction of sp³-hybridized carbons (Fsp3) is 0.222. The van der Waals surface area contributed by atoms with Gasteiger partial charge in [0.15, 0.2) is 11.6 Å². The van der Waals surface area contributed by atoms with Crippen molar-refractivity contribution in [3.63, 3.8) is 0 Å². The summed E-state index contributed by atoms with van der Waals surface area (Å²) in [5, 5.41) is 0.155. The van der Waals surface area contributed by atoms with Gasteiger partial charge in [-0.1, -0.05) is 15.9 Å². The highest BCUT2D eigenvalue weighted by Crippen LogP contribution is 2.19. The zero-order chi connectivity index (χ0) is 19.9. The largest absolute Gasteiger partial charge is 0.294 e. The van der Waals surface area contributed by atoms with Gasteiger partial charge in [0.05, 0.1) is 16.5 Å². The van der Waals surface area contributed by atoms with E-state index in [1.165, 1.54) is 49.2 Å². The lowest BCUT2D eigenvalue weighted by molar-refractivity contribution is 0.100. The Morgan fingerprint density at radius 2 is 1.65 bits per heavy atom. The second-order valence-electron chi connectivity index (χ2n) is 5.05. The summed E-state index contributed by atoms with van der Waals surface area (Å²) in [6.45, 7) is 1.29. The molecule has 140 valence electrons. The predicted molar refractivity (Wildman–Crippen MR) is 105 cm³/mol. The first-order valence-corrected chi connectivity index (χ1v) is 11.2. The van der Waals surface area contributed by atoms with Gasteiger partial charge in [0.25, 0.3) is 0 Å². The molecule has 26 heavy (non-hydrogen) atoms. The summed E-state index contributed by atoms with van der Waals surface area (Å²) in [4.78, 5) is 23.2. The van der Waals surface area contributed by atoms with E-state index >= 15 is 0 Å². The van der Waals surface area contributed by atoms with Crippen molar-refractivity contribution in [3.05, 3.63) is 59.2 Å². The number of Topliss-reactive ketones (excluding diaryl/α,β-unsaturated/α-hetero) is 2. The van der Waals surface area contributed by atoms with Gasteiger partial charge in [0.2, 0.25) is 0 Å². The summed E-state index contributed by atoms with van der Waals surface area (Å²) in [6.07, 6.45) is 3.32. The summed E-state index contributed by atoms with van der Waals surface area (Å²) in [7, 11) is -1.21. The normalized spacial score (nSPS) is 11.3. The van der Waals surface area contributed by atoms with Gasteiger partial charge in [0.1, 0.15) is 11.6 Å². The number of rotatable bonds is 5. The van der Waals surface area contributed by atoms with Crippen LogP contribution in [0.3, 0.4) is 0 Å². The Kier molecular flexibility index (Phi) is 9.32. The van der Waals surface area contributed by atoms with Crippen LogP contribution in [0.15, 0.2) is 46.2 Å². The first-order chi connectivity index (χ1) is 12.2. The predicted octanol–water partition coefficient (Wildman–Crippen LogP) is 4.89. The zero-order valence-electron chi connectivity index (χ0n) is 14.3. The minimum Gasteiger partial charge on any atom is -0.294 e. The first-order valence-electron chi connectivity index (χ1n) is 7.27. The molecule has 0 bridgehead atoms. The number of carbonyl (C=O) groups excluding carboxylic acids is 2. The zero-order valence-corrected chi connectivity index (χ0v) is 17.6. The Balaban J connectivity index is 0.000000260. The number of halogens is 3. The number of thioether (sulfide) groups is 1. The molecule has 3 nitrogen and oxygen atoms in total. The van der Waals surface area contributed by atoms with Gasteiger partial charge < -0.3 is 0 Å². The van der Waals surface area contributed by atoms with Crippen LogP contribution >= 0.6 is 27.7 Å². The highest BCUT2D eigenvalue weighted by Gasteiger charge is 2.10. The molecular formula is C18H17BrF2O3S2. The van der Waals surface area contributed by atoms with E-state index in [1.807, 2.05) is 6.26 Å². The summed E-state index contributed by atoms with van der Waals surface area (Å²) in [6, 6.07) is 8.62. The Labute approximate surface area is 166 Å². The van der Waals surface area contributed by atoms with Gasteiger partial charge in [-0.05, 0) is 49.6 Å². The maximum absolute atomic E-state index is 13.2. The minimum absolute atomic E-state index is 0.0363. The van der Waals surface area contributed by atoms with Crippen LogP contribution in [0.4, 0.5) is 8.78 Å². The smallest absolute Gasteiger partial charge is 0.176 e. The molecule has 1 atom stereocenters. The van der Waals surface area contributed by atoms with Crippen molar-refractivity contribution in [2.24, 2.45) is 0 Å². The highest BCUT2D eigenvalue weighted by atomic mass is 79.9. The number of hydrogen-bond donors (Lipinski definition) is 0. The van der Waals surface area contributed by atoms with E-state index in [2.05, 4.69) is 15.9 Å². The summed E-state index contributed by atoms with van der Waals surface area (Å²) >= 11 is 4.45. The van der Waals surface area contributed by atoms with Crippen molar-refractivity contribution in [3.8, 4) is 0 Å². The molecule has 0 heterocycles. The number of hydrogen-bond acceptors (Lipinski definition) is 4. The van der Waals surface area contributed by atoms with Crippen LogP contribution in [0.25, 0.3) is 0 Å². The van der Waals surface area contributed by atoms with Crippen molar-refractivity contribution in [1.82, 2.24) is 0 Å². The topological polar surface area (TPSA) is 51.2 Å². The van der Waals surface area contributed by atoms with Gasteiger partial charge in [0, 0.05) is 26.8 Å². The van der Waals surface area contributed by atoms with Gasteiger partial charge >= 0.3 is 0 Å². The van der Waals surface area contributed by atoms with Crippen molar-refractivity contribution in [2.75, 3.05) is 17.8 Å². The van der Waals surface area contributed by atoms with Crippen molar-refractivity contribution in [1.29, 1.82) is 0 Å². The van der Waals surface area contributed by atoms with E-state index in [9.17, 15) is 22.6 Å². The molecule has 0 radical (unpaired) electrons. The van der Waals surface area contributed by atoms with E-state index in [-0.39, 0.29) is 28.0 Å². The Morgan fingerprint density at radius 3 is 2.08 bits per heavy atom. The van der Waals surface area contributed by atoms with Gasteiger partial charge in [-0.25, -0.2) is 8.78 Å². The third kappa shape index (κ3) is 6.41. The maximum Gasteiger partial charge on any atom is 0.176 e. The lowest BCUT2D eigenvalue weighted by atomic mass is 10.1. The van der Waals surface area contributed by atoms with E-state index in [1.54, 1.807) is 6.07 Å².